The highest BCUT2D eigenvalue weighted by Gasteiger charge is 2.23. The molecular formula is C34H43N7O6S. The van der Waals surface area contributed by atoms with E-state index in [1.807, 2.05) is 35.7 Å². The Labute approximate surface area is 284 Å². The average molecular weight is 678 g/mol. The van der Waals surface area contributed by atoms with E-state index in [1.165, 1.54) is 0 Å². The van der Waals surface area contributed by atoms with E-state index >= 15 is 0 Å². The van der Waals surface area contributed by atoms with Crippen molar-refractivity contribution in [3.05, 3.63) is 53.6 Å². The quantitative estimate of drug-likeness (QED) is 0.157. The topological polar surface area (TPSA) is 140 Å². The van der Waals surface area contributed by atoms with Gasteiger partial charge in [0.15, 0.2) is 11.5 Å². The number of ether oxygens (including phenoxy) is 2. The number of carbonyl (C=O) groups excluding carboxylic acids is 4. The number of likely N-dealkylation sites (tertiary alicyclic amines) is 1. The van der Waals surface area contributed by atoms with Crippen LogP contribution in [-0.4, -0.2) is 100 Å². The fourth-order valence-corrected chi connectivity index (χ4v) is 6.70. The zero-order valence-corrected chi connectivity index (χ0v) is 28.7. The lowest BCUT2D eigenvalue weighted by molar-refractivity contribution is -0.118. The third kappa shape index (κ3) is 8.40. The molecule has 13 nitrogen and oxygen atoms in total. The van der Waals surface area contributed by atoms with Crippen LogP contribution in [-0.2, 0) is 23.7 Å². The number of aliphatic imine (C=N–C) groups is 1. The van der Waals surface area contributed by atoms with Crippen LogP contribution in [0.3, 0.4) is 0 Å². The summed E-state index contributed by atoms with van der Waals surface area (Å²) in [6, 6.07) is 6.95. The Kier molecular flexibility index (Phi) is 11.5. The number of hydrogen-bond donors (Lipinski definition) is 2. The van der Waals surface area contributed by atoms with Gasteiger partial charge in [-0.1, -0.05) is 0 Å². The summed E-state index contributed by atoms with van der Waals surface area (Å²) < 4.78 is 14.8. The molecule has 0 aliphatic carbocycles. The molecule has 2 fully saturated rings. The van der Waals surface area contributed by atoms with Gasteiger partial charge in [-0.05, 0) is 49.9 Å². The highest BCUT2D eigenvalue weighted by molar-refractivity contribution is 7.99. The lowest BCUT2D eigenvalue weighted by Crippen LogP contribution is -2.38. The van der Waals surface area contributed by atoms with Gasteiger partial charge in [-0.3, -0.25) is 24.2 Å². The molecule has 3 aromatic rings. The van der Waals surface area contributed by atoms with E-state index in [0.29, 0.717) is 53.8 Å². The molecule has 4 heterocycles. The first-order chi connectivity index (χ1) is 23.2. The molecule has 2 N–H and O–H groups in total. The van der Waals surface area contributed by atoms with Crippen LogP contribution >= 0.6 is 11.8 Å². The lowest BCUT2D eigenvalue weighted by atomic mass is 10.1. The Hall–Kier alpha value is -4.72. The third-order valence-corrected chi connectivity index (χ3v) is 9.40. The molecule has 0 spiro atoms. The van der Waals surface area contributed by atoms with Crippen LogP contribution in [0.15, 0.2) is 41.7 Å². The van der Waals surface area contributed by atoms with Gasteiger partial charge in [0.05, 0.1) is 36.8 Å². The van der Waals surface area contributed by atoms with E-state index in [-0.39, 0.29) is 36.8 Å². The van der Waals surface area contributed by atoms with Gasteiger partial charge in [0, 0.05) is 76.3 Å². The largest absolute Gasteiger partial charge is 0.493 e. The molecule has 14 heteroatoms. The highest BCUT2D eigenvalue weighted by Crippen LogP contribution is 2.35. The Morgan fingerprint density at radius 2 is 1.69 bits per heavy atom. The van der Waals surface area contributed by atoms with Crippen LogP contribution in [0.5, 0.6) is 11.5 Å². The van der Waals surface area contributed by atoms with Gasteiger partial charge in [0.2, 0.25) is 12.3 Å². The Morgan fingerprint density at radius 1 is 0.979 bits per heavy atom. The molecule has 5 rings (SSSR count). The summed E-state index contributed by atoms with van der Waals surface area (Å²) in [4.78, 5) is 58.3. The van der Waals surface area contributed by atoms with Crippen molar-refractivity contribution < 1.29 is 28.7 Å². The number of benzene rings is 1. The normalized spacial score (nSPS) is 16.3. The number of amides is 4. The Bertz CT molecular complexity index is 1680. The number of hydrogen-bond acceptors (Lipinski definition) is 8. The van der Waals surface area contributed by atoms with Gasteiger partial charge in [0.25, 0.3) is 11.8 Å². The van der Waals surface area contributed by atoms with Crippen molar-refractivity contribution in [2.45, 2.75) is 38.6 Å². The predicted molar refractivity (Wildman–Crippen MR) is 187 cm³/mol. The summed E-state index contributed by atoms with van der Waals surface area (Å²) >= 11 is 1.84. The molecular weight excluding hydrogens is 634 g/mol. The van der Waals surface area contributed by atoms with Gasteiger partial charge in [0.1, 0.15) is 11.4 Å². The molecule has 48 heavy (non-hydrogen) atoms. The van der Waals surface area contributed by atoms with E-state index < -0.39 is 0 Å². The van der Waals surface area contributed by atoms with Crippen molar-refractivity contribution in [3.63, 3.8) is 0 Å². The van der Waals surface area contributed by atoms with Crippen molar-refractivity contribution in [1.29, 1.82) is 0 Å². The highest BCUT2D eigenvalue weighted by atomic mass is 32.2. The minimum atomic E-state index is -0.356. The van der Waals surface area contributed by atoms with Gasteiger partial charge >= 0.3 is 0 Å². The second kappa shape index (κ2) is 15.9. The monoisotopic (exact) mass is 677 g/mol. The van der Waals surface area contributed by atoms with Crippen LogP contribution in [0.1, 0.15) is 52.2 Å². The van der Waals surface area contributed by atoms with Crippen LogP contribution in [0.25, 0.3) is 0 Å². The van der Waals surface area contributed by atoms with E-state index in [2.05, 4.69) is 15.6 Å². The maximum absolute atomic E-state index is 13.1. The third-order valence-electron chi connectivity index (χ3n) is 8.45. The first-order valence-electron chi connectivity index (χ1n) is 16.0. The molecule has 0 bridgehead atoms. The maximum Gasteiger partial charge on any atom is 0.272 e. The second-order valence-corrected chi connectivity index (χ2v) is 13.2. The smallest absolute Gasteiger partial charge is 0.272 e. The number of nitrogens with one attached hydrogen (secondary N) is 2. The van der Waals surface area contributed by atoms with E-state index in [0.717, 1.165) is 48.6 Å². The molecule has 4 amide bonds. The number of anilines is 2. The van der Waals surface area contributed by atoms with Crippen molar-refractivity contribution in [2.24, 2.45) is 19.1 Å². The van der Waals surface area contributed by atoms with Crippen molar-refractivity contribution >= 4 is 59.2 Å². The summed E-state index contributed by atoms with van der Waals surface area (Å²) in [7, 11) is 5.08. The average Bonchev–Trinajstić information content (AvgIpc) is 3.80. The number of aromatic nitrogens is 2. The number of thioether (sulfide) groups is 1. The fraction of sp³-hybridized carbons (Fsp3) is 0.441. The molecule has 2 aromatic heterocycles. The van der Waals surface area contributed by atoms with Crippen molar-refractivity contribution in [3.8, 4) is 11.5 Å². The first kappa shape index (κ1) is 34.6. The molecule has 1 unspecified atom stereocenters. The van der Waals surface area contributed by atoms with Gasteiger partial charge < -0.3 is 39.0 Å². The molecule has 1 aromatic carbocycles. The Morgan fingerprint density at radius 3 is 2.42 bits per heavy atom. The summed E-state index contributed by atoms with van der Waals surface area (Å²) in [6.07, 6.45) is 8.56. The summed E-state index contributed by atoms with van der Waals surface area (Å²) in [5, 5.41) is 5.72. The SMILES string of the molecule is COc1cc(C)c(/N=C\C2CCCN2C=O)cc1OCCCC(=O)Nc1cc(C(=O)Nc2cc(C(=O)N3CCSCC3)n(C)c2)n(C)c1. The zero-order valence-electron chi connectivity index (χ0n) is 27.9. The first-order valence-corrected chi connectivity index (χ1v) is 17.2. The van der Waals surface area contributed by atoms with E-state index in [9.17, 15) is 19.2 Å². The van der Waals surface area contributed by atoms with Gasteiger partial charge in [-0.2, -0.15) is 11.8 Å². The summed E-state index contributed by atoms with van der Waals surface area (Å²) in [5.74, 6) is 2.32. The van der Waals surface area contributed by atoms with E-state index in [4.69, 9.17) is 9.47 Å². The molecule has 2 aliphatic heterocycles. The predicted octanol–water partition coefficient (Wildman–Crippen LogP) is 4.24. The van der Waals surface area contributed by atoms with Crippen LogP contribution in [0, 0.1) is 6.92 Å². The summed E-state index contributed by atoms with van der Waals surface area (Å²) in [6.45, 7) is 4.37. The lowest BCUT2D eigenvalue weighted by Gasteiger charge is -2.26. The number of rotatable bonds is 13. The fourth-order valence-electron chi connectivity index (χ4n) is 5.80. The molecule has 2 aliphatic rings. The maximum atomic E-state index is 13.1. The molecule has 2 saturated heterocycles. The van der Waals surface area contributed by atoms with E-state index in [1.54, 1.807) is 66.0 Å². The second-order valence-electron chi connectivity index (χ2n) is 11.9. The zero-order chi connectivity index (χ0) is 34.2. The Balaban J connectivity index is 1.11. The van der Waals surface area contributed by atoms with Gasteiger partial charge in [-0.15, -0.1) is 0 Å². The molecule has 256 valence electrons. The van der Waals surface area contributed by atoms with Crippen LogP contribution in [0.4, 0.5) is 17.1 Å². The summed E-state index contributed by atoms with van der Waals surface area (Å²) in [5.41, 5.74) is 3.53. The minimum Gasteiger partial charge on any atom is -0.493 e. The standard InChI is InChI=1S/C34H43N7O6S/c1-23-15-30(46-4)31(18-27(23)35-19-26-7-5-9-41(26)22-42)47-12-6-8-32(43)36-24-16-28(38(2)20-24)33(44)37-25-17-29(39(3)21-25)34(45)40-10-13-48-14-11-40/h15-22,26H,5-14H2,1-4H3,(H,36,43)(H,37,44)/b35-19-. The van der Waals surface area contributed by atoms with Gasteiger partial charge in [-0.25, -0.2) is 0 Å². The minimum absolute atomic E-state index is 0.0143. The van der Waals surface area contributed by atoms with Crippen molar-refractivity contribution in [1.82, 2.24) is 18.9 Å². The van der Waals surface area contributed by atoms with Crippen molar-refractivity contribution in [2.75, 3.05) is 55.5 Å². The molecule has 0 saturated carbocycles. The number of aryl methyl sites for hydroxylation is 3. The van der Waals surface area contributed by atoms with Crippen LogP contribution < -0.4 is 20.1 Å². The molecule has 1 atom stereocenters. The number of methoxy groups -OCH3 is 1. The number of nitrogens with zero attached hydrogens (tertiary/aromatic N) is 5. The molecule has 0 radical (unpaired) electrons. The van der Waals surface area contributed by atoms with Crippen LogP contribution in [0.2, 0.25) is 0 Å². The number of carbonyl (C=O) groups is 4.